The Labute approximate surface area is 185 Å². The van der Waals surface area contributed by atoms with Gasteiger partial charge in [0.1, 0.15) is 11.8 Å². The highest BCUT2D eigenvalue weighted by molar-refractivity contribution is 5.92. The molecule has 0 unspecified atom stereocenters. The maximum atomic E-state index is 12.6. The quantitative estimate of drug-likeness (QED) is 0.296. The predicted octanol–water partition coefficient (Wildman–Crippen LogP) is 6.99. The summed E-state index contributed by atoms with van der Waals surface area (Å²) in [7, 11) is 0. The van der Waals surface area contributed by atoms with Crippen molar-refractivity contribution in [1.82, 2.24) is 0 Å². The first kappa shape index (κ1) is 22.3. The van der Waals surface area contributed by atoms with Crippen molar-refractivity contribution in [3.63, 3.8) is 0 Å². The lowest BCUT2D eigenvalue weighted by Gasteiger charge is -2.10. The molecular weight excluding hydrogens is 382 g/mol. The summed E-state index contributed by atoms with van der Waals surface area (Å²) in [5.74, 6) is 0.438. The van der Waals surface area contributed by atoms with Crippen LogP contribution in [0.5, 0.6) is 5.75 Å². The summed E-state index contributed by atoms with van der Waals surface area (Å²) in [5, 5.41) is 9.48. The Morgan fingerprint density at radius 2 is 1.52 bits per heavy atom. The van der Waals surface area contributed by atoms with Crippen LogP contribution in [0.25, 0.3) is 11.1 Å². The van der Waals surface area contributed by atoms with Crippen LogP contribution < -0.4 is 4.74 Å². The largest absolute Gasteiger partial charge is 0.422 e. The minimum Gasteiger partial charge on any atom is -0.422 e. The van der Waals surface area contributed by atoms with Gasteiger partial charge in [-0.3, -0.25) is 0 Å². The van der Waals surface area contributed by atoms with Crippen LogP contribution in [-0.2, 0) is 12.8 Å². The zero-order valence-corrected chi connectivity index (χ0v) is 18.5. The lowest BCUT2D eigenvalue weighted by atomic mass is 10.0. The van der Waals surface area contributed by atoms with Gasteiger partial charge in [0.15, 0.2) is 0 Å². The van der Waals surface area contributed by atoms with Crippen molar-refractivity contribution in [2.45, 2.75) is 46.5 Å². The number of hydrogen-bond acceptors (Lipinski definition) is 3. The smallest absolute Gasteiger partial charge is 0.343 e. The fourth-order valence-corrected chi connectivity index (χ4v) is 3.47. The van der Waals surface area contributed by atoms with Crippen molar-refractivity contribution >= 4 is 5.97 Å². The Morgan fingerprint density at radius 1 is 0.903 bits per heavy atom. The highest BCUT2D eigenvalue weighted by Crippen LogP contribution is 2.24. The van der Waals surface area contributed by atoms with Crippen LogP contribution in [0.1, 0.15) is 60.7 Å². The number of benzene rings is 3. The molecule has 0 spiro atoms. The molecule has 0 aliphatic heterocycles. The molecule has 0 amide bonds. The van der Waals surface area contributed by atoms with E-state index in [2.05, 4.69) is 51.1 Å². The van der Waals surface area contributed by atoms with E-state index >= 15 is 0 Å². The third-order valence-corrected chi connectivity index (χ3v) is 5.32. The van der Waals surface area contributed by atoms with Gasteiger partial charge in [0.05, 0.1) is 11.1 Å². The van der Waals surface area contributed by atoms with Gasteiger partial charge in [-0.15, -0.1) is 0 Å². The van der Waals surface area contributed by atoms with E-state index in [-0.39, 0.29) is 0 Å². The Kier molecular flexibility index (Phi) is 7.62. The van der Waals surface area contributed by atoms with E-state index in [0.717, 1.165) is 42.4 Å². The topological polar surface area (TPSA) is 50.1 Å². The molecule has 0 heterocycles. The van der Waals surface area contributed by atoms with Crippen molar-refractivity contribution in [2.24, 2.45) is 5.92 Å². The second kappa shape index (κ2) is 10.6. The first-order chi connectivity index (χ1) is 15.0. The summed E-state index contributed by atoms with van der Waals surface area (Å²) in [5.41, 5.74) is 5.42. The molecule has 3 nitrogen and oxygen atoms in total. The molecule has 31 heavy (non-hydrogen) atoms. The summed E-state index contributed by atoms with van der Waals surface area (Å²) in [6.07, 6.45) is 4.16. The second-order valence-corrected chi connectivity index (χ2v) is 8.29. The SMILES string of the molecule is CCCc1ccc(-c2ccc(C(=O)Oc3ccc(CCC(C)C)cc3C#N)cc2)cc1. The van der Waals surface area contributed by atoms with Crippen molar-refractivity contribution < 1.29 is 9.53 Å². The molecule has 3 aromatic rings. The Morgan fingerprint density at radius 3 is 2.10 bits per heavy atom. The van der Waals surface area contributed by atoms with E-state index in [4.69, 9.17) is 4.74 Å². The van der Waals surface area contributed by atoms with Crippen LogP contribution in [0.4, 0.5) is 0 Å². The molecule has 0 aliphatic rings. The zero-order valence-electron chi connectivity index (χ0n) is 18.5. The van der Waals surface area contributed by atoms with E-state index in [1.807, 2.05) is 24.3 Å². The van der Waals surface area contributed by atoms with Crippen LogP contribution in [0.3, 0.4) is 0 Å². The number of nitriles is 1. The molecule has 3 aromatic carbocycles. The normalized spacial score (nSPS) is 10.7. The molecule has 0 aliphatic carbocycles. The number of esters is 1. The van der Waals surface area contributed by atoms with Gasteiger partial charge in [-0.1, -0.05) is 69.7 Å². The molecule has 0 fully saturated rings. The first-order valence-corrected chi connectivity index (χ1v) is 10.9. The molecule has 0 saturated carbocycles. The predicted molar refractivity (Wildman–Crippen MR) is 125 cm³/mol. The zero-order chi connectivity index (χ0) is 22.2. The lowest BCUT2D eigenvalue weighted by Crippen LogP contribution is -2.09. The molecule has 3 heteroatoms. The van der Waals surface area contributed by atoms with Crippen LogP contribution in [0, 0.1) is 17.2 Å². The standard InChI is InChI=1S/C28H29NO2/c1-4-5-21-8-11-23(12-9-21)24-13-15-25(16-14-24)28(30)31-27-17-10-22(7-6-20(2)3)18-26(27)19-29/h8-18,20H,4-7H2,1-3H3. The van der Waals surface area contributed by atoms with E-state index < -0.39 is 5.97 Å². The minimum atomic E-state index is -0.462. The Bertz CT molecular complexity index is 1060. The molecule has 0 N–H and O–H groups in total. The number of hydrogen-bond donors (Lipinski definition) is 0. The average molecular weight is 412 g/mol. The van der Waals surface area contributed by atoms with Crippen molar-refractivity contribution in [1.29, 1.82) is 5.26 Å². The molecule has 3 rings (SSSR count). The highest BCUT2D eigenvalue weighted by Gasteiger charge is 2.13. The van der Waals surface area contributed by atoms with Crippen molar-refractivity contribution in [3.8, 4) is 22.9 Å². The summed E-state index contributed by atoms with van der Waals surface area (Å²) >= 11 is 0. The summed E-state index contributed by atoms with van der Waals surface area (Å²) in [6, 6.07) is 23.5. The van der Waals surface area contributed by atoms with Gasteiger partial charge < -0.3 is 4.74 Å². The lowest BCUT2D eigenvalue weighted by molar-refractivity contribution is 0.0734. The Hall–Kier alpha value is -3.38. The van der Waals surface area contributed by atoms with Gasteiger partial charge in [0.2, 0.25) is 0 Å². The second-order valence-electron chi connectivity index (χ2n) is 8.29. The summed E-state index contributed by atoms with van der Waals surface area (Å²) in [6.45, 7) is 6.52. The monoisotopic (exact) mass is 411 g/mol. The van der Waals surface area contributed by atoms with Crippen molar-refractivity contribution in [3.05, 3.63) is 89.0 Å². The maximum Gasteiger partial charge on any atom is 0.343 e. The molecule has 0 radical (unpaired) electrons. The third kappa shape index (κ3) is 6.06. The highest BCUT2D eigenvalue weighted by atomic mass is 16.5. The number of rotatable bonds is 8. The van der Waals surface area contributed by atoms with Gasteiger partial charge in [-0.05, 0) is 71.7 Å². The number of nitrogens with zero attached hydrogens (tertiary/aromatic N) is 1. The van der Waals surface area contributed by atoms with Crippen LogP contribution in [0.2, 0.25) is 0 Å². The van der Waals surface area contributed by atoms with Crippen LogP contribution >= 0.6 is 0 Å². The van der Waals surface area contributed by atoms with E-state index in [1.165, 1.54) is 5.56 Å². The number of ether oxygens (including phenoxy) is 1. The van der Waals surface area contributed by atoms with Crippen LogP contribution in [-0.4, -0.2) is 5.97 Å². The van der Waals surface area contributed by atoms with E-state index in [1.54, 1.807) is 18.2 Å². The Balaban J connectivity index is 1.70. The first-order valence-electron chi connectivity index (χ1n) is 10.9. The van der Waals surface area contributed by atoms with Crippen molar-refractivity contribution in [2.75, 3.05) is 0 Å². The fourth-order valence-electron chi connectivity index (χ4n) is 3.47. The van der Waals surface area contributed by atoms with Crippen LogP contribution in [0.15, 0.2) is 66.7 Å². The van der Waals surface area contributed by atoms with Gasteiger partial charge in [-0.25, -0.2) is 4.79 Å². The number of carbonyl (C=O) groups excluding carboxylic acids is 1. The third-order valence-electron chi connectivity index (χ3n) is 5.32. The molecular formula is C28H29NO2. The molecule has 0 bridgehead atoms. The number of carbonyl (C=O) groups is 1. The minimum absolute atomic E-state index is 0.302. The average Bonchev–Trinajstić information content (AvgIpc) is 2.79. The maximum absolute atomic E-state index is 12.6. The van der Waals surface area contributed by atoms with Gasteiger partial charge >= 0.3 is 5.97 Å². The summed E-state index contributed by atoms with van der Waals surface area (Å²) in [4.78, 5) is 12.6. The van der Waals surface area contributed by atoms with E-state index in [9.17, 15) is 10.1 Å². The molecule has 158 valence electrons. The van der Waals surface area contributed by atoms with Gasteiger partial charge in [0, 0.05) is 0 Å². The molecule has 0 atom stereocenters. The fraction of sp³-hybridized carbons (Fsp3) is 0.286. The van der Waals surface area contributed by atoms with Gasteiger partial charge in [0.25, 0.3) is 0 Å². The van der Waals surface area contributed by atoms with E-state index in [0.29, 0.717) is 22.8 Å². The number of aryl methyl sites for hydroxylation is 2. The van der Waals surface area contributed by atoms with Gasteiger partial charge in [-0.2, -0.15) is 5.26 Å². The molecule has 0 saturated heterocycles. The molecule has 0 aromatic heterocycles. The summed E-state index contributed by atoms with van der Waals surface area (Å²) < 4.78 is 5.53.